The lowest BCUT2D eigenvalue weighted by Gasteiger charge is -2.04. The number of aliphatic hydroxyl groups excluding tert-OH is 1. The Morgan fingerprint density at radius 1 is 1.31 bits per heavy atom. The lowest BCUT2D eigenvalue weighted by molar-refractivity contribution is -0.115. The van der Waals surface area contributed by atoms with Crippen LogP contribution >= 0.6 is 15.9 Å². The number of carbonyl (C=O) groups excluding carboxylic acids is 1. The molecule has 1 aromatic carbocycles. The standard InChI is InChI=1S/C13H15BrO2/c1-9(10(2)15)13(16)8-7-11-5-3-4-6-12(11)14/h3-6,15H,7-8H2,1-2H3/b10-9-. The van der Waals surface area contributed by atoms with Crippen LogP contribution in [0, 0.1) is 0 Å². The highest BCUT2D eigenvalue weighted by Gasteiger charge is 2.08. The van der Waals surface area contributed by atoms with E-state index in [1.165, 1.54) is 6.92 Å². The van der Waals surface area contributed by atoms with Crippen molar-refractivity contribution in [2.45, 2.75) is 26.7 Å². The summed E-state index contributed by atoms with van der Waals surface area (Å²) in [6.45, 7) is 3.18. The van der Waals surface area contributed by atoms with Gasteiger partial charge in [-0.3, -0.25) is 4.79 Å². The third kappa shape index (κ3) is 3.49. The topological polar surface area (TPSA) is 37.3 Å². The first kappa shape index (κ1) is 13.0. The second-order valence-electron chi connectivity index (χ2n) is 3.72. The number of ketones is 1. The van der Waals surface area contributed by atoms with Crippen molar-refractivity contribution in [2.24, 2.45) is 0 Å². The van der Waals surface area contributed by atoms with Crippen molar-refractivity contribution in [3.8, 4) is 0 Å². The summed E-state index contributed by atoms with van der Waals surface area (Å²) in [5.74, 6) is 0.105. The van der Waals surface area contributed by atoms with E-state index in [2.05, 4.69) is 15.9 Å². The highest BCUT2D eigenvalue weighted by Crippen LogP contribution is 2.18. The third-order valence-corrected chi connectivity index (χ3v) is 3.31. The van der Waals surface area contributed by atoms with Gasteiger partial charge in [0.15, 0.2) is 5.78 Å². The van der Waals surface area contributed by atoms with E-state index in [1.54, 1.807) is 6.92 Å². The molecule has 0 bridgehead atoms. The van der Waals surface area contributed by atoms with Gasteiger partial charge < -0.3 is 5.11 Å². The number of hydrogen-bond acceptors (Lipinski definition) is 2. The molecule has 0 aliphatic heterocycles. The summed E-state index contributed by atoms with van der Waals surface area (Å²) >= 11 is 3.44. The Morgan fingerprint density at radius 2 is 1.94 bits per heavy atom. The van der Waals surface area contributed by atoms with Crippen LogP contribution in [0.1, 0.15) is 25.8 Å². The fourth-order valence-corrected chi connectivity index (χ4v) is 1.82. The van der Waals surface area contributed by atoms with Gasteiger partial charge in [0.1, 0.15) is 0 Å². The lowest BCUT2D eigenvalue weighted by Crippen LogP contribution is -2.04. The van der Waals surface area contributed by atoms with E-state index in [-0.39, 0.29) is 11.5 Å². The predicted octanol–water partition coefficient (Wildman–Crippen LogP) is 3.80. The molecule has 1 N–H and O–H groups in total. The first-order valence-electron chi connectivity index (χ1n) is 5.15. The van der Waals surface area contributed by atoms with Crippen LogP contribution in [0.15, 0.2) is 40.1 Å². The normalized spacial score (nSPS) is 12.2. The monoisotopic (exact) mass is 282 g/mol. The molecule has 0 aliphatic carbocycles. The summed E-state index contributed by atoms with van der Waals surface area (Å²) in [5, 5.41) is 9.19. The summed E-state index contributed by atoms with van der Waals surface area (Å²) in [4.78, 5) is 11.6. The first-order chi connectivity index (χ1) is 7.52. The van der Waals surface area contributed by atoms with E-state index >= 15 is 0 Å². The van der Waals surface area contributed by atoms with Gasteiger partial charge in [-0.25, -0.2) is 0 Å². The van der Waals surface area contributed by atoms with Crippen molar-refractivity contribution in [3.05, 3.63) is 45.6 Å². The zero-order chi connectivity index (χ0) is 12.1. The summed E-state index contributed by atoms with van der Waals surface area (Å²) in [7, 11) is 0. The van der Waals surface area contributed by atoms with Crippen LogP contribution in [0.5, 0.6) is 0 Å². The molecule has 0 spiro atoms. The van der Waals surface area contributed by atoms with Gasteiger partial charge in [0.25, 0.3) is 0 Å². The number of benzene rings is 1. The van der Waals surface area contributed by atoms with Gasteiger partial charge in [0, 0.05) is 16.5 Å². The Bertz CT molecular complexity index is 418. The molecule has 0 radical (unpaired) electrons. The van der Waals surface area contributed by atoms with E-state index in [1.807, 2.05) is 24.3 Å². The number of aryl methyl sites for hydroxylation is 1. The summed E-state index contributed by atoms with van der Waals surface area (Å²) < 4.78 is 1.02. The van der Waals surface area contributed by atoms with Crippen LogP contribution in [0.4, 0.5) is 0 Å². The van der Waals surface area contributed by atoms with E-state index in [0.29, 0.717) is 18.4 Å². The quantitative estimate of drug-likeness (QED) is 0.674. The van der Waals surface area contributed by atoms with Crippen molar-refractivity contribution in [1.82, 2.24) is 0 Å². The molecule has 1 aromatic rings. The van der Waals surface area contributed by atoms with Gasteiger partial charge >= 0.3 is 0 Å². The molecule has 0 amide bonds. The largest absolute Gasteiger partial charge is 0.512 e. The van der Waals surface area contributed by atoms with Crippen molar-refractivity contribution < 1.29 is 9.90 Å². The molecule has 0 saturated heterocycles. The van der Waals surface area contributed by atoms with Crippen molar-refractivity contribution >= 4 is 21.7 Å². The molecular formula is C13H15BrO2. The Hall–Kier alpha value is -1.09. The number of carbonyl (C=O) groups is 1. The van der Waals surface area contributed by atoms with E-state index < -0.39 is 0 Å². The Labute approximate surface area is 104 Å². The predicted molar refractivity (Wildman–Crippen MR) is 68.5 cm³/mol. The van der Waals surface area contributed by atoms with Crippen LogP contribution in [0.25, 0.3) is 0 Å². The zero-order valence-electron chi connectivity index (χ0n) is 9.46. The van der Waals surface area contributed by atoms with Gasteiger partial charge in [-0.1, -0.05) is 34.1 Å². The molecule has 0 unspecified atom stereocenters. The third-order valence-electron chi connectivity index (χ3n) is 2.54. The zero-order valence-corrected chi connectivity index (χ0v) is 11.0. The van der Waals surface area contributed by atoms with Crippen LogP contribution < -0.4 is 0 Å². The summed E-state index contributed by atoms with van der Waals surface area (Å²) in [6, 6.07) is 7.84. The molecule has 16 heavy (non-hydrogen) atoms. The van der Waals surface area contributed by atoms with E-state index in [4.69, 9.17) is 0 Å². The second kappa shape index (κ2) is 5.85. The van der Waals surface area contributed by atoms with Gasteiger partial charge in [0.05, 0.1) is 5.76 Å². The summed E-state index contributed by atoms with van der Waals surface area (Å²) in [6.07, 6.45) is 1.11. The molecule has 3 heteroatoms. The molecule has 0 heterocycles. The number of rotatable bonds is 4. The lowest BCUT2D eigenvalue weighted by atomic mass is 10.0. The van der Waals surface area contributed by atoms with Crippen molar-refractivity contribution in [2.75, 3.05) is 0 Å². The minimum atomic E-state index is -0.00393. The highest BCUT2D eigenvalue weighted by molar-refractivity contribution is 9.10. The van der Waals surface area contributed by atoms with Crippen LogP contribution in [-0.2, 0) is 11.2 Å². The first-order valence-corrected chi connectivity index (χ1v) is 5.94. The molecule has 2 nitrogen and oxygen atoms in total. The van der Waals surface area contributed by atoms with Crippen LogP contribution in [-0.4, -0.2) is 10.9 Å². The molecule has 0 saturated carbocycles. The van der Waals surface area contributed by atoms with Gasteiger partial charge in [-0.2, -0.15) is 0 Å². The second-order valence-corrected chi connectivity index (χ2v) is 4.58. The fourth-order valence-electron chi connectivity index (χ4n) is 1.34. The SMILES string of the molecule is C/C(O)=C(\C)C(=O)CCc1ccccc1Br. The average molecular weight is 283 g/mol. The van der Waals surface area contributed by atoms with Gasteiger partial charge in [0.2, 0.25) is 0 Å². The number of halogens is 1. The average Bonchev–Trinajstić information content (AvgIpc) is 2.26. The Morgan fingerprint density at radius 3 is 2.50 bits per heavy atom. The summed E-state index contributed by atoms with van der Waals surface area (Å²) in [5.41, 5.74) is 1.56. The number of allylic oxidation sites excluding steroid dienone is 2. The molecule has 86 valence electrons. The molecule has 0 aromatic heterocycles. The minimum Gasteiger partial charge on any atom is -0.512 e. The maximum Gasteiger partial charge on any atom is 0.162 e. The maximum absolute atomic E-state index is 11.6. The highest BCUT2D eigenvalue weighted by atomic mass is 79.9. The van der Waals surface area contributed by atoms with Gasteiger partial charge in [-0.15, -0.1) is 0 Å². The Kier molecular flexibility index (Phi) is 4.74. The number of Topliss-reactive ketones (excluding diaryl/α,β-unsaturated/α-hetero) is 1. The fraction of sp³-hybridized carbons (Fsp3) is 0.308. The van der Waals surface area contributed by atoms with Crippen molar-refractivity contribution in [1.29, 1.82) is 0 Å². The van der Waals surface area contributed by atoms with Crippen LogP contribution in [0.2, 0.25) is 0 Å². The van der Waals surface area contributed by atoms with Crippen LogP contribution in [0.3, 0.4) is 0 Å². The maximum atomic E-state index is 11.6. The molecule has 1 rings (SSSR count). The Balaban J connectivity index is 2.63. The van der Waals surface area contributed by atoms with Gasteiger partial charge in [-0.05, 0) is 31.9 Å². The van der Waals surface area contributed by atoms with E-state index in [9.17, 15) is 9.90 Å². The molecule has 0 fully saturated rings. The molecular weight excluding hydrogens is 268 g/mol. The molecule has 0 atom stereocenters. The molecule has 0 aliphatic rings. The number of aliphatic hydroxyl groups is 1. The minimum absolute atomic E-state index is 0.00393. The van der Waals surface area contributed by atoms with E-state index in [0.717, 1.165) is 10.0 Å². The number of hydrogen-bond donors (Lipinski definition) is 1. The van der Waals surface area contributed by atoms with Crippen molar-refractivity contribution in [3.63, 3.8) is 0 Å². The smallest absolute Gasteiger partial charge is 0.162 e.